The maximum absolute atomic E-state index is 13.4. The molecule has 2 rings (SSSR count). The van der Waals surface area contributed by atoms with Gasteiger partial charge in [0, 0.05) is 18.1 Å². The van der Waals surface area contributed by atoms with Crippen LogP contribution in [0.2, 0.25) is 0 Å². The summed E-state index contributed by atoms with van der Waals surface area (Å²) in [5.74, 6) is -0.949. The second-order valence-electron chi connectivity index (χ2n) is 2.98. The van der Waals surface area contributed by atoms with Gasteiger partial charge in [0.05, 0.1) is 5.56 Å². The fourth-order valence-corrected chi connectivity index (χ4v) is 1.32. The monoisotopic (exact) mass is 230 g/mol. The lowest BCUT2D eigenvalue weighted by Crippen LogP contribution is -1.97. The van der Waals surface area contributed by atoms with Crippen LogP contribution in [0, 0.1) is 12.7 Å². The van der Waals surface area contributed by atoms with Crippen molar-refractivity contribution in [1.82, 2.24) is 9.38 Å². The predicted octanol–water partition coefficient (Wildman–Crippen LogP) is 3.75. The van der Waals surface area contributed by atoms with E-state index in [-0.39, 0.29) is 5.65 Å². The number of halogens is 3. The summed E-state index contributed by atoms with van der Waals surface area (Å²) >= 11 is 0. The molecule has 0 spiro atoms. The van der Waals surface area contributed by atoms with Gasteiger partial charge in [0.1, 0.15) is 0 Å². The van der Waals surface area contributed by atoms with Gasteiger partial charge in [-0.15, -0.1) is 0 Å². The van der Waals surface area contributed by atoms with Crippen molar-refractivity contribution < 1.29 is 13.2 Å². The highest BCUT2D eigenvalue weighted by molar-refractivity contribution is 5.45. The number of hydrogen-bond donors (Lipinski definition) is 0. The molecule has 0 atom stereocenters. The minimum absolute atomic E-state index is 0.0553. The maximum atomic E-state index is 13.4. The molecular weight excluding hydrogens is 217 g/mol. The van der Waals surface area contributed by atoms with Gasteiger partial charge in [-0.25, -0.2) is 18.2 Å². The highest BCUT2D eigenvalue weighted by Crippen LogP contribution is 2.24. The number of aryl methyl sites for hydroxylation is 1. The maximum Gasteiger partial charge on any atom is 0.266 e. The lowest BCUT2D eigenvalue weighted by atomic mass is 10.2. The number of nitrogens with zero attached hydrogens (tertiary/aromatic N) is 2. The first-order valence-corrected chi connectivity index (χ1v) is 5.01. The first kappa shape index (κ1) is 12.5. The second-order valence-corrected chi connectivity index (χ2v) is 2.98. The predicted molar refractivity (Wildman–Crippen MR) is 56.2 cm³/mol. The molecule has 88 valence electrons. The second kappa shape index (κ2) is 5.01. The lowest BCUT2D eigenvalue weighted by Gasteiger charge is -2.03. The lowest BCUT2D eigenvalue weighted by molar-refractivity contribution is 0.146. The molecule has 2 aromatic heterocycles. The summed E-state index contributed by atoms with van der Waals surface area (Å²) in [5.41, 5.74) is 0.0446. The van der Waals surface area contributed by atoms with Crippen LogP contribution in [0.15, 0.2) is 18.5 Å². The molecular formula is C11H13F3N2. The molecule has 0 aliphatic heterocycles. The van der Waals surface area contributed by atoms with Crippen LogP contribution in [0.3, 0.4) is 0 Å². The largest absolute Gasteiger partial charge is 0.302 e. The Morgan fingerprint density at radius 3 is 2.50 bits per heavy atom. The molecule has 2 aromatic rings. The average molecular weight is 230 g/mol. The third kappa shape index (κ3) is 2.03. The van der Waals surface area contributed by atoms with Crippen LogP contribution in [0.1, 0.15) is 31.5 Å². The standard InChI is InChI=1S/C9H7F3N2.C2H6/c1-5-4-13-9-7(10)6(8(11)12)2-3-14(5)9;1-2/h2-4,8H,1H3;1-2H3. The molecule has 0 aliphatic carbocycles. The SMILES string of the molecule is CC.Cc1cnc2c(F)c(C(F)F)ccn12. The number of imidazole rings is 1. The highest BCUT2D eigenvalue weighted by Gasteiger charge is 2.17. The van der Waals surface area contributed by atoms with E-state index in [1.165, 1.54) is 16.8 Å². The van der Waals surface area contributed by atoms with Gasteiger partial charge in [-0.1, -0.05) is 13.8 Å². The zero-order valence-electron chi connectivity index (χ0n) is 9.34. The Morgan fingerprint density at radius 1 is 1.31 bits per heavy atom. The van der Waals surface area contributed by atoms with Gasteiger partial charge in [-0.05, 0) is 13.0 Å². The molecule has 0 saturated heterocycles. The molecule has 0 bridgehead atoms. The minimum atomic E-state index is -2.81. The van der Waals surface area contributed by atoms with Crippen molar-refractivity contribution >= 4 is 5.65 Å². The average Bonchev–Trinajstić information content (AvgIpc) is 2.64. The minimum Gasteiger partial charge on any atom is -0.302 e. The summed E-state index contributed by atoms with van der Waals surface area (Å²) in [6, 6.07) is 1.07. The molecule has 0 radical (unpaired) electrons. The van der Waals surface area contributed by atoms with E-state index in [4.69, 9.17) is 0 Å². The summed E-state index contributed by atoms with van der Waals surface area (Å²) in [5, 5.41) is 0. The molecule has 0 aromatic carbocycles. The van der Waals surface area contributed by atoms with Crippen LogP contribution in [0.4, 0.5) is 13.2 Å². The van der Waals surface area contributed by atoms with E-state index in [0.29, 0.717) is 5.69 Å². The number of rotatable bonds is 1. The Kier molecular flexibility index (Phi) is 3.93. The van der Waals surface area contributed by atoms with E-state index in [2.05, 4.69) is 4.98 Å². The van der Waals surface area contributed by atoms with Crippen molar-refractivity contribution in [2.75, 3.05) is 0 Å². The molecule has 0 fully saturated rings. The summed E-state index contributed by atoms with van der Waals surface area (Å²) in [6.45, 7) is 5.72. The Bertz CT molecular complexity index is 477. The van der Waals surface area contributed by atoms with E-state index >= 15 is 0 Å². The van der Waals surface area contributed by atoms with Crippen LogP contribution in [0.25, 0.3) is 5.65 Å². The van der Waals surface area contributed by atoms with Gasteiger partial charge in [0.15, 0.2) is 11.5 Å². The Balaban J connectivity index is 0.000000606. The third-order valence-corrected chi connectivity index (χ3v) is 2.07. The number of aromatic nitrogens is 2. The Hall–Kier alpha value is -1.52. The molecule has 5 heteroatoms. The summed E-state index contributed by atoms with van der Waals surface area (Å²) in [6.07, 6.45) is 0.0209. The first-order chi connectivity index (χ1) is 7.61. The van der Waals surface area contributed by atoms with E-state index in [9.17, 15) is 13.2 Å². The highest BCUT2D eigenvalue weighted by atomic mass is 19.3. The van der Waals surface area contributed by atoms with Crippen molar-refractivity contribution in [3.63, 3.8) is 0 Å². The van der Waals surface area contributed by atoms with E-state index in [1.54, 1.807) is 6.92 Å². The number of hydrogen-bond acceptors (Lipinski definition) is 1. The molecule has 2 nitrogen and oxygen atoms in total. The molecule has 0 amide bonds. The molecule has 0 aliphatic rings. The topological polar surface area (TPSA) is 17.3 Å². The van der Waals surface area contributed by atoms with Crippen LogP contribution in [0.5, 0.6) is 0 Å². The molecule has 0 saturated carbocycles. The first-order valence-electron chi connectivity index (χ1n) is 5.01. The van der Waals surface area contributed by atoms with Crippen LogP contribution >= 0.6 is 0 Å². The molecule has 16 heavy (non-hydrogen) atoms. The quantitative estimate of drug-likeness (QED) is 0.729. The van der Waals surface area contributed by atoms with E-state index in [1.807, 2.05) is 13.8 Å². The van der Waals surface area contributed by atoms with Crippen molar-refractivity contribution in [3.8, 4) is 0 Å². The molecule has 0 N–H and O–H groups in total. The number of fused-ring (bicyclic) bond motifs is 1. The third-order valence-electron chi connectivity index (χ3n) is 2.07. The molecule has 0 unspecified atom stereocenters. The van der Waals surface area contributed by atoms with Crippen molar-refractivity contribution in [2.24, 2.45) is 0 Å². The van der Waals surface area contributed by atoms with Gasteiger partial charge in [-0.3, -0.25) is 0 Å². The van der Waals surface area contributed by atoms with Gasteiger partial charge >= 0.3 is 0 Å². The number of alkyl halides is 2. The molecule has 2 heterocycles. The van der Waals surface area contributed by atoms with Gasteiger partial charge in [0.2, 0.25) is 0 Å². The summed E-state index contributed by atoms with van der Waals surface area (Å²) < 4.78 is 39.4. The smallest absolute Gasteiger partial charge is 0.266 e. The normalized spacial score (nSPS) is 10.4. The van der Waals surface area contributed by atoms with Crippen LogP contribution in [-0.4, -0.2) is 9.38 Å². The summed E-state index contributed by atoms with van der Waals surface area (Å²) in [7, 11) is 0. The zero-order valence-corrected chi connectivity index (χ0v) is 9.34. The summed E-state index contributed by atoms with van der Waals surface area (Å²) in [4.78, 5) is 3.72. The van der Waals surface area contributed by atoms with Gasteiger partial charge < -0.3 is 4.40 Å². The fraction of sp³-hybridized carbons (Fsp3) is 0.364. The zero-order chi connectivity index (χ0) is 12.3. The van der Waals surface area contributed by atoms with Crippen LogP contribution < -0.4 is 0 Å². The Labute approximate surface area is 91.7 Å². The van der Waals surface area contributed by atoms with Crippen molar-refractivity contribution in [1.29, 1.82) is 0 Å². The van der Waals surface area contributed by atoms with E-state index in [0.717, 1.165) is 6.07 Å². The van der Waals surface area contributed by atoms with Gasteiger partial charge in [-0.2, -0.15) is 0 Å². The van der Waals surface area contributed by atoms with E-state index < -0.39 is 17.8 Å². The van der Waals surface area contributed by atoms with Crippen molar-refractivity contribution in [3.05, 3.63) is 35.5 Å². The van der Waals surface area contributed by atoms with Gasteiger partial charge in [0.25, 0.3) is 6.43 Å². The Morgan fingerprint density at radius 2 is 1.94 bits per heavy atom. The fourth-order valence-electron chi connectivity index (χ4n) is 1.32. The number of pyridine rings is 1. The van der Waals surface area contributed by atoms with Crippen LogP contribution in [-0.2, 0) is 0 Å². The van der Waals surface area contributed by atoms with Crippen molar-refractivity contribution in [2.45, 2.75) is 27.2 Å².